The van der Waals surface area contributed by atoms with Gasteiger partial charge in [-0.15, -0.1) is 0 Å². The Morgan fingerprint density at radius 1 is 1.42 bits per heavy atom. The summed E-state index contributed by atoms with van der Waals surface area (Å²) >= 11 is 0. The molecule has 1 amide bonds. The van der Waals surface area contributed by atoms with Crippen molar-refractivity contribution in [3.8, 4) is 0 Å². The van der Waals surface area contributed by atoms with E-state index in [1.54, 1.807) is 7.11 Å². The summed E-state index contributed by atoms with van der Waals surface area (Å²) in [5.41, 5.74) is 2.61. The van der Waals surface area contributed by atoms with Gasteiger partial charge in [0.25, 0.3) is 5.91 Å². The fraction of sp³-hybridized carbons (Fsp3) is 0.526. The Labute approximate surface area is 141 Å². The van der Waals surface area contributed by atoms with Gasteiger partial charge in [-0.1, -0.05) is 24.3 Å². The highest BCUT2D eigenvalue weighted by molar-refractivity contribution is 6.07. The summed E-state index contributed by atoms with van der Waals surface area (Å²) in [6.07, 6.45) is 3.76. The van der Waals surface area contributed by atoms with Gasteiger partial charge in [-0.25, -0.2) is 0 Å². The molecular formula is C19H22N2O3. The van der Waals surface area contributed by atoms with Crippen molar-refractivity contribution in [2.45, 2.75) is 37.3 Å². The summed E-state index contributed by atoms with van der Waals surface area (Å²) in [5.74, 6) is 0.964. The number of ether oxygens (including phenoxy) is 1. The average Bonchev–Trinajstić information content (AvgIpc) is 2.96. The molecule has 5 aliphatic rings. The summed E-state index contributed by atoms with van der Waals surface area (Å²) in [6, 6.07) is 8.27. The van der Waals surface area contributed by atoms with Gasteiger partial charge in [0.15, 0.2) is 0 Å². The molecular weight excluding hydrogens is 304 g/mol. The van der Waals surface area contributed by atoms with Crippen molar-refractivity contribution >= 4 is 11.6 Å². The molecule has 24 heavy (non-hydrogen) atoms. The lowest BCUT2D eigenvalue weighted by Gasteiger charge is -2.38. The van der Waals surface area contributed by atoms with E-state index in [2.05, 4.69) is 24.4 Å². The highest BCUT2D eigenvalue weighted by atomic mass is 16.7. The predicted molar refractivity (Wildman–Crippen MR) is 89.2 cm³/mol. The van der Waals surface area contributed by atoms with Crippen LogP contribution in [0, 0.1) is 11.8 Å². The minimum atomic E-state index is -0.632. The number of nitrogens with zero attached hydrogens (tertiary/aromatic N) is 1. The molecule has 1 aromatic carbocycles. The topological polar surface area (TPSA) is 50.8 Å². The van der Waals surface area contributed by atoms with E-state index < -0.39 is 5.41 Å². The fourth-order valence-electron chi connectivity index (χ4n) is 5.44. The Hall–Kier alpha value is -1.85. The monoisotopic (exact) mass is 326 g/mol. The number of amides is 1. The van der Waals surface area contributed by atoms with Gasteiger partial charge in [0.05, 0.1) is 25.5 Å². The summed E-state index contributed by atoms with van der Waals surface area (Å²) in [5, 5.41) is 5.14. The van der Waals surface area contributed by atoms with E-state index in [1.165, 1.54) is 10.8 Å². The maximum Gasteiger partial charge on any atom is 0.264 e. The number of rotatable bonds is 1. The molecule has 126 valence electrons. The Balaban J connectivity index is 1.68. The van der Waals surface area contributed by atoms with E-state index >= 15 is 0 Å². The van der Waals surface area contributed by atoms with Crippen LogP contribution in [-0.2, 0) is 19.8 Å². The van der Waals surface area contributed by atoms with Gasteiger partial charge in [0.1, 0.15) is 5.41 Å². The number of hydrogen-bond donors (Lipinski definition) is 1. The molecule has 0 unspecified atom stereocenters. The summed E-state index contributed by atoms with van der Waals surface area (Å²) < 4.78 is 6.26. The Bertz CT molecular complexity index is 746. The van der Waals surface area contributed by atoms with Gasteiger partial charge in [0.2, 0.25) is 0 Å². The van der Waals surface area contributed by atoms with Crippen LogP contribution >= 0.6 is 0 Å². The lowest BCUT2D eigenvalue weighted by Crippen LogP contribution is -2.52. The number of nitrogens with one attached hydrogen (secondary N) is 1. The van der Waals surface area contributed by atoms with E-state index in [0.29, 0.717) is 11.8 Å². The second-order valence-electron chi connectivity index (χ2n) is 7.30. The Morgan fingerprint density at radius 3 is 3.04 bits per heavy atom. The molecule has 1 spiro atoms. The van der Waals surface area contributed by atoms with Crippen molar-refractivity contribution in [2.75, 3.05) is 18.8 Å². The number of allylic oxidation sites excluding steroid dienone is 2. The van der Waals surface area contributed by atoms with Crippen molar-refractivity contribution in [3.05, 3.63) is 41.6 Å². The van der Waals surface area contributed by atoms with Crippen molar-refractivity contribution in [2.24, 2.45) is 11.8 Å². The molecule has 1 N–H and O–H groups in total. The summed E-state index contributed by atoms with van der Waals surface area (Å²) in [7, 11) is 1.56. The lowest BCUT2D eigenvalue weighted by molar-refractivity contribution is -0.137. The van der Waals surface area contributed by atoms with Crippen LogP contribution in [0.2, 0.25) is 0 Å². The van der Waals surface area contributed by atoms with Crippen molar-refractivity contribution in [1.82, 2.24) is 5.32 Å². The first kappa shape index (κ1) is 14.5. The third kappa shape index (κ3) is 1.55. The SMILES string of the molecule is C/C=C1\N[C@H]2C[C@@]3(C(=O)N(OC)c4ccccc43)[C@H]3C[C@@H]1[C@@H]2CO3. The molecule has 0 radical (unpaired) electrons. The van der Waals surface area contributed by atoms with Crippen molar-refractivity contribution in [3.63, 3.8) is 0 Å². The van der Waals surface area contributed by atoms with Crippen molar-refractivity contribution in [1.29, 1.82) is 0 Å². The zero-order valence-electron chi connectivity index (χ0n) is 14.0. The first-order valence-corrected chi connectivity index (χ1v) is 8.73. The Morgan fingerprint density at radius 2 is 2.25 bits per heavy atom. The summed E-state index contributed by atoms with van der Waals surface area (Å²) in [6.45, 7) is 2.82. The second-order valence-corrected chi connectivity index (χ2v) is 7.30. The minimum absolute atomic E-state index is 0.0215. The maximum atomic E-state index is 13.4. The molecule has 1 aromatic rings. The molecule has 3 saturated heterocycles. The number of hydroxylamine groups is 1. The molecule has 5 heteroatoms. The third-order valence-electron chi connectivity index (χ3n) is 6.50. The fourth-order valence-corrected chi connectivity index (χ4v) is 5.44. The van der Waals surface area contributed by atoms with Gasteiger partial charge in [-0.2, -0.15) is 5.06 Å². The molecule has 1 saturated carbocycles. The van der Waals surface area contributed by atoms with Crippen LogP contribution in [0.4, 0.5) is 5.69 Å². The smallest absolute Gasteiger partial charge is 0.264 e. The van der Waals surface area contributed by atoms with E-state index in [4.69, 9.17) is 9.57 Å². The minimum Gasteiger partial charge on any atom is -0.385 e. The molecule has 4 aliphatic heterocycles. The van der Waals surface area contributed by atoms with Crippen LogP contribution in [0.5, 0.6) is 0 Å². The highest BCUT2D eigenvalue weighted by Gasteiger charge is 2.64. The van der Waals surface area contributed by atoms with E-state index in [1.807, 2.05) is 18.2 Å². The zero-order chi connectivity index (χ0) is 16.5. The summed E-state index contributed by atoms with van der Waals surface area (Å²) in [4.78, 5) is 18.9. The van der Waals surface area contributed by atoms with Gasteiger partial charge in [0, 0.05) is 23.6 Å². The van der Waals surface area contributed by atoms with Gasteiger partial charge < -0.3 is 10.1 Å². The molecule has 6 rings (SSSR count). The van der Waals surface area contributed by atoms with Crippen LogP contribution in [0.25, 0.3) is 0 Å². The van der Waals surface area contributed by atoms with Gasteiger partial charge in [-0.3, -0.25) is 9.63 Å². The molecule has 4 fully saturated rings. The van der Waals surface area contributed by atoms with E-state index in [9.17, 15) is 4.79 Å². The number of anilines is 1. The number of para-hydroxylation sites is 1. The number of benzene rings is 1. The lowest BCUT2D eigenvalue weighted by atomic mass is 9.71. The number of carbonyl (C=O) groups is 1. The zero-order valence-corrected chi connectivity index (χ0v) is 14.0. The number of hydrogen-bond acceptors (Lipinski definition) is 4. The normalized spacial score (nSPS) is 41.0. The van der Waals surface area contributed by atoms with E-state index in [-0.39, 0.29) is 18.1 Å². The van der Waals surface area contributed by atoms with Crippen LogP contribution in [-0.4, -0.2) is 31.8 Å². The maximum absolute atomic E-state index is 13.4. The first-order valence-electron chi connectivity index (χ1n) is 8.73. The molecule has 1 aliphatic carbocycles. The van der Waals surface area contributed by atoms with Gasteiger partial charge in [-0.05, 0) is 31.4 Å². The van der Waals surface area contributed by atoms with E-state index in [0.717, 1.165) is 30.7 Å². The molecule has 5 nitrogen and oxygen atoms in total. The van der Waals surface area contributed by atoms with Crippen molar-refractivity contribution < 1.29 is 14.4 Å². The standard InChI is InChI=1S/C19H22N2O3/c1-3-14-11-8-17-19(9-15(20-14)12(11)10-24-17)13-6-4-5-7-16(13)21(23-2)18(19)22/h3-7,11-12,15,17,20H,8-10H2,1-2H3/b14-3-/t11-,12+,15+,17-,19+/m1/s1. The van der Waals surface area contributed by atoms with Crippen LogP contribution in [0.3, 0.4) is 0 Å². The third-order valence-corrected chi connectivity index (χ3v) is 6.50. The number of carbonyl (C=O) groups excluding carboxylic acids is 1. The highest BCUT2D eigenvalue weighted by Crippen LogP contribution is 2.56. The number of fused-ring (bicyclic) bond motifs is 2. The largest absolute Gasteiger partial charge is 0.385 e. The second kappa shape index (κ2) is 4.83. The Kier molecular flexibility index (Phi) is 2.92. The average molecular weight is 326 g/mol. The molecule has 0 aromatic heterocycles. The predicted octanol–water partition coefficient (Wildman–Crippen LogP) is 2.13. The van der Waals surface area contributed by atoms with Gasteiger partial charge >= 0.3 is 0 Å². The molecule has 4 heterocycles. The quantitative estimate of drug-likeness (QED) is 0.859. The first-order chi connectivity index (χ1) is 11.7. The molecule has 4 bridgehead atoms. The molecule has 5 atom stereocenters. The van der Waals surface area contributed by atoms with Crippen LogP contribution < -0.4 is 10.4 Å². The van der Waals surface area contributed by atoms with Crippen LogP contribution in [0.1, 0.15) is 25.3 Å². The van der Waals surface area contributed by atoms with Crippen LogP contribution in [0.15, 0.2) is 36.0 Å².